The van der Waals surface area contributed by atoms with E-state index in [2.05, 4.69) is 52.5 Å². The number of hydrogen-bond donors (Lipinski definition) is 22. The Morgan fingerprint density at radius 1 is 0.485 bits per heavy atom. The van der Waals surface area contributed by atoms with Crippen LogP contribution in [0.2, 0.25) is 0 Å². The zero-order valence-corrected chi connectivity index (χ0v) is 52.6. The van der Waals surface area contributed by atoms with Gasteiger partial charge >= 0.3 is 0 Å². The molecule has 2 unspecified atom stereocenters. The average Bonchev–Trinajstić information content (AvgIpc) is 0.993. The van der Waals surface area contributed by atoms with Gasteiger partial charge in [0, 0.05) is 32.7 Å². The summed E-state index contributed by atoms with van der Waals surface area (Å²) in [4.78, 5) is 89.8. The number of carbonyl (C=O) groups is 7. The van der Waals surface area contributed by atoms with Crippen LogP contribution in [0.15, 0.2) is 12.4 Å². The van der Waals surface area contributed by atoms with Crippen LogP contribution in [0.5, 0.6) is 0 Å². The Balaban J connectivity index is 0.913. The van der Waals surface area contributed by atoms with E-state index in [1.807, 2.05) is 5.43 Å². The van der Waals surface area contributed by atoms with Gasteiger partial charge in [0.15, 0.2) is 25.2 Å². The minimum absolute atomic E-state index is 0.00659. The molecule has 4 aliphatic rings. The summed E-state index contributed by atoms with van der Waals surface area (Å²) in [5.41, 5.74) is 2.55. The van der Waals surface area contributed by atoms with E-state index in [1.165, 1.54) is 21.8 Å². The maximum Gasteiger partial charge on any atom is 0.243 e. The van der Waals surface area contributed by atoms with Crippen LogP contribution in [0.3, 0.4) is 0 Å². The Morgan fingerprint density at radius 3 is 1.31 bits per heavy atom. The summed E-state index contributed by atoms with van der Waals surface area (Å²) < 4.78 is 46.5. The number of unbranched alkanes of at least 4 members (excludes halogenated alkanes) is 2. The SMILES string of the molecule is CC(=O)NC(CCC(=O)NCc1cn(CCO[C@H]2O[C@H](CO[C@H]3O[C@H](CO)[C@@H](O)[C@H](O)[C@@H]3O)[C@@H](O)[C@H](O)[C@@H]2O)nn1)C(=O)NCC(=O)NC(CCC(=O)NCc1cn(CCO[C@H]2O[C@H](CO[C@H]3O[C@H](CO)[C@@H](O)[C@H](O)[C@@H]3O)[C@@H](O)[C@H](O)[C@@H]2O)nn1)C(=O)NCCCCCC(=O)NN. The van der Waals surface area contributed by atoms with Gasteiger partial charge in [-0.3, -0.25) is 39.0 Å². The van der Waals surface area contributed by atoms with Crippen LogP contribution in [-0.2, 0) is 97.6 Å². The summed E-state index contributed by atoms with van der Waals surface area (Å²) >= 11 is 0. The number of amides is 7. The lowest BCUT2D eigenvalue weighted by Crippen LogP contribution is -2.61. The smallest absolute Gasteiger partial charge is 0.243 e. The molecule has 550 valence electrons. The molecule has 0 saturated carbocycles. The second-order valence-electron chi connectivity index (χ2n) is 23.2. The van der Waals surface area contributed by atoms with E-state index >= 15 is 0 Å². The third-order valence-electron chi connectivity index (χ3n) is 15.8. The average molecular weight is 1400 g/mol. The second kappa shape index (κ2) is 39.4. The summed E-state index contributed by atoms with van der Waals surface area (Å²) in [6.07, 6.45) is -29.0. The molecule has 2 aromatic rings. The van der Waals surface area contributed by atoms with E-state index in [0.29, 0.717) is 19.3 Å². The standard InChI is InChI=1S/C54H90N14O29/c1-24(71)60-27(6-8-33(72)57-15-25-18-67(65-63-25)11-13-90-51-45(84)43(82)39(78)31(96-51)22-92-53-47(86)41(80)37(76)29(20-69)94-53)50(89)59-17-36(75)61-28(49(88)56-10-4-2-3-5-35(74)62-55)7-9-34(73)58-16-26-19-68(66-64-26)12-14-91-52-46(85)44(83)40(79)32(97-52)23-93-54-48(87)42(81)38(77)30(21-70)95-54/h18-19,27-32,37-48,51-54,69-70,76-87H,2-17,20-23,55H2,1H3,(H,56,88)(H,57,72)(H,58,73)(H,59,89)(H,60,71)(H,61,75)(H,62,74)/t27?,28?,29-,30-,31-,32-,37-,38-,39-,40-,41+,42+,43+,44+,45+,46+,47+,48+,51+,52+,53+,54+/m1/s1. The highest BCUT2D eigenvalue weighted by Crippen LogP contribution is 2.28. The van der Waals surface area contributed by atoms with Gasteiger partial charge in [-0.1, -0.05) is 16.8 Å². The number of rotatable bonds is 38. The van der Waals surface area contributed by atoms with Gasteiger partial charge in [0.2, 0.25) is 41.4 Å². The number of aliphatic hydroxyl groups excluding tert-OH is 14. The topological polar surface area (TPSA) is 648 Å². The minimum Gasteiger partial charge on any atom is -0.394 e. The summed E-state index contributed by atoms with van der Waals surface area (Å²) in [6, 6.07) is -2.64. The number of nitrogens with two attached hydrogens (primary N) is 1. The van der Waals surface area contributed by atoms with Gasteiger partial charge in [0.25, 0.3) is 0 Å². The molecule has 6 heterocycles. The third-order valence-corrected chi connectivity index (χ3v) is 15.8. The van der Waals surface area contributed by atoms with Crippen LogP contribution >= 0.6 is 0 Å². The van der Waals surface area contributed by atoms with Gasteiger partial charge < -0.3 is 141 Å². The van der Waals surface area contributed by atoms with E-state index in [1.54, 1.807) is 0 Å². The van der Waals surface area contributed by atoms with E-state index in [-0.39, 0.29) is 95.3 Å². The highest BCUT2D eigenvalue weighted by atomic mass is 16.7. The Hall–Kier alpha value is -6.35. The zero-order valence-electron chi connectivity index (χ0n) is 52.6. The fourth-order valence-electron chi connectivity index (χ4n) is 10.2. The molecule has 2 aromatic heterocycles. The predicted octanol–water partition coefficient (Wildman–Crippen LogP) is -13.6. The molecule has 7 amide bonds. The Labute approximate surface area is 552 Å². The fraction of sp³-hybridized carbons (Fsp3) is 0.796. The van der Waals surface area contributed by atoms with Gasteiger partial charge in [-0.15, -0.1) is 10.2 Å². The van der Waals surface area contributed by atoms with Crippen molar-refractivity contribution in [1.29, 1.82) is 0 Å². The molecule has 43 heteroatoms. The molecular weight excluding hydrogens is 1310 g/mol. The predicted molar refractivity (Wildman–Crippen MR) is 313 cm³/mol. The normalized spacial score (nSPS) is 31.1. The third kappa shape index (κ3) is 23.9. The molecule has 0 radical (unpaired) electrons. The number of aliphatic hydroxyl groups is 14. The minimum atomic E-state index is -1.79. The van der Waals surface area contributed by atoms with Crippen molar-refractivity contribution in [1.82, 2.24) is 67.3 Å². The van der Waals surface area contributed by atoms with Gasteiger partial charge in [0.1, 0.15) is 121 Å². The van der Waals surface area contributed by atoms with Crippen LogP contribution in [0.25, 0.3) is 0 Å². The van der Waals surface area contributed by atoms with Gasteiger partial charge in [-0.05, 0) is 25.7 Å². The van der Waals surface area contributed by atoms with Crippen molar-refractivity contribution >= 4 is 41.4 Å². The summed E-state index contributed by atoms with van der Waals surface area (Å²) in [6.45, 7) is -2.78. The molecule has 4 aliphatic heterocycles. The Kier molecular flexibility index (Phi) is 32.4. The van der Waals surface area contributed by atoms with Crippen LogP contribution < -0.4 is 43.2 Å². The first kappa shape index (κ1) is 79.6. The molecule has 97 heavy (non-hydrogen) atoms. The number of carbonyl (C=O) groups excluding carboxylic acids is 7. The molecule has 4 saturated heterocycles. The fourth-order valence-corrected chi connectivity index (χ4v) is 10.2. The van der Waals surface area contributed by atoms with Crippen molar-refractivity contribution in [2.75, 3.05) is 52.7 Å². The molecule has 23 N–H and O–H groups in total. The van der Waals surface area contributed by atoms with Crippen LogP contribution in [0.1, 0.15) is 69.7 Å². The Morgan fingerprint density at radius 2 is 0.887 bits per heavy atom. The van der Waals surface area contributed by atoms with Crippen LogP contribution in [-0.4, -0.2) is 330 Å². The quantitative estimate of drug-likeness (QED) is 0.0128. The monoisotopic (exact) mass is 1400 g/mol. The Bertz CT molecular complexity index is 2790. The maximum atomic E-state index is 13.4. The molecule has 43 nitrogen and oxygen atoms in total. The number of ether oxygens (including phenoxy) is 8. The molecule has 0 aliphatic carbocycles. The molecule has 0 spiro atoms. The van der Waals surface area contributed by atoms with Crippen LogP contribution in [0.4, 0.5) is 0 Å². The first-order chi connectivity index (χ1) is 46.2. The molecule has 0 bridgehead atoms. The van der Waals surface area contributed by atoms with Gasteiger partial charge in [-0.25, -0.2) is 15.2 Å². The lowest BCUT2D eigenvalue weighted by atomic mass is 9.98. The highest BCUT2D eigenvalue weighted by molar-refractivity contribution is 5.93. The van der Waals surface area contributed by atoms with Crippen molar-refractivity contribution in [3.8, 4) is 0 Å². The largest absolute Gasteiger partial charge is 0.394 e. The van der Waals surface area contributed by atoms with E-state index in [0.717, 1.165) is 6.92 Å². The van der Waals surface area contributed by atoms with Crippen LogP contribution in [0, 0.1) is 0 Å². The van der Waals surface area contributed by atoms with Crippen molar-refractivity contribution in [2.45, 2.75) is 219 Å². The molecular formula is C54H90N14O29. The number of hydrazine groups is 1. The number of aromatic nitrogens is 6. The summed E-state index contributed by atoms with van der Waals surface area (Å²) in [5.74, 6) is 0.525. The number of hydrogen-bond acceptors (Lipinski definition) is 34. The maximum absolute atomic E-state index is 13.4. The van der Waals surface area contributed by atoms with Gasteiger partial charge in [0.05, 0.1) is 84.8 Å². The molecule has 0 aromatic carbocycles. The van der Waals surface area contributed by atoms with E-state index in [4.69, 9.17) is 43.7 Å². The van der Waals surface area contributed by atoms with E-state index < -0.39 is 203 Å². The lowest BCUT2D eigenvalue weighted by molar-refractivity contribution is -0.331. The first-order valence-corrected chi connectivity index (χ1v) is 31.1. The van der Waals surface area contributed by atoms with Crippen molar-refractivity contribution in [3.63, 3.8) is 0 Å². The first-order valence-electron chi connectivity index (χ1n) is 31.1. The van der Waals surface area contributed by atoms with Gasteiger partial charge in [-0.2, -0.15) is 0 Å². The number of nitrogens with one attached hydrogen (secondary N) is 7. The zero-order chi connectivity index (χ0) is 71.0. The van der Waals surface area contributed by atoms with Crippen molar-refractivity contribution in [2.24, 2.45) is 5.84 Å². The highest BCUT2D eigenvalue weighted by Gasteiger charge is 2.50. The molecule has 4 fully saturated rings. The molecule has 22 atom stereocenters. The molecule has 6 rings (SSSR count). The lowest BCUT2D eigenvalue weighted by Gasteiger charge is -2.42. The van der Waals surface area contributed by atoms with Crippen molar-refractivity contribution in [3.05, 3.63) is 23.8 Å². The number of nitrogens with zero attached hydrogens (tertiary/aromatic N) is 6. The second-order valence-corrected chi connectivity index (χ2v) is 23.2. The summed E-state index contributed by atoms with van der Waals surface area (Å²) in [7, 11) is 0. The van der Waals surface area contributed by atoms with Crippen molar-refractivity contribution < 1.29 is 143 Å². The van der Waals surface area contributed by atoms with E-state index in [9.17, 15) is 105 Å². The summed E-state index contributed by atoms with van der Waals surface area (Å²) in [5, 5.41) is 174.